The summed E-state index contributed by atoms with van der Waals surface area (Å²) >= 11 is 0. The Hall–Kier alpha value is -1.71. The number of methoxy groups -OCH3 is 1. The van der Waals surface area contributed by atoms with Crippen LogP contribution in [0.2, 0.25) is 0 Å². The molecular weight excluding hydrogens is 182 g/mol. The first-order valence-corrected chi connectivity index (χ1v) is 4.16. The molecule has 0 radical (unpaired) electrons. The highest BCUT2D eigenvalue weighted by atomic mass is 16.5. The number of ether oxygens (including phenoxy) is 1. The van der Waals surface area contributed by atoms with Gasteiger partial charge >= 0.3 is 5.97 Å². The number of hydrogen-bond donors (Lipinski definition) is 0. The van der Waals surface area contributed by atoms with Crippen LogP contribution in [0.25, 0.3) is 0 Å². The average molecular weight is 193 g/mol. The van der Waals surface area contributed by atoms with E-state index in [1.54, 1.807) is 18.2 Å². The molecule has 1 aromatic rings. The summed E-state index contributed by atoms with van der Waals surface area (Å²) in [5.41, 5.74) is 2.18. The van der Waals surface area contributed by atoms with Gasteiger partial charge in [-0.3, -0.25) is 0 Å². The molecule has 0 aliphatic heterocycles. The second kappa shape index (κ2) is 4.50. The van der Waals surface area contributed by atoms with Crippen LogP contribution in [0.5, 0.6) is 0 Å². The molecule has 4 nitrogen and oxygen atoms in total. The number of nitroso groups, excluding NO2 is 1. The molecule has 0 aromatic heterocycles. The van der Waals surface area contributed by atoms with Crippen LogP contribution >= 0.6 is 0 Å². The molecule has 0 fully saturated rings. The fourth-order valence-electron chi connectivity index (χ4n) is 1.19. The minimum atomic E-state index is -0.376. The maximum atomic E-state index is 11.1. The van der Waals surface area contributed by atoms with Crippen molar-refractivity contribution in [1.82, 2.24) is 0 Å². The van der Waals surface area contributed by atoms with Gasteiger partial charge in [0.2, 0.25) is 0 Å². The van der Waals surface area contributed by atoms with Gasteiger partial charge in [-0.05, 0) is 30.2 Å². The molecule has 1 rings (SSSR count). The van der Waals surface area contributed by atoms with Crippen LogP contribution in [-0.4, -0.2) is 13.1 Å². The van der Waals surface area contributed by atoms with Crippen molar-refractivity contribution in [3.8, 4) is 0 Å². The maximum Gasteiger partial charge on any atom is 0.337 e. The van der Waals surface area contributed by atoms with Crippen molar-refractivity contribution in [3.05, 3.63) is 39.8 Å². The van der Waals surface area contributed by atoms with Gasteiger partial charge in [0.25, 0.3) is 0 Å². The molecular formula is C10H11NO3. The van der Waals surface area contributed by atoms with Crippen LogP contribution < -0.4 is 0 Å². The topological polar surface area (TPSA) is 55.7 Å². The number of hydrogen-bond acceptors (Lipinski definition) is 4. The van der Waals surface area contributed by atoms with Gasteiger partial charge in [0.15, 0.2) is 0 Å². The third-order valence-electron chi connectivity index (χ3n) is 2.00. The molecule has 0 bridgehead atoms. The predicted molar refractivity (Wildman–Crippen MR) is 52.0 cm³/mol. The minimum Gasteiger partial charge on any atom is -0.465 e. The first kappa shape index (κ1) is 10.4. The SMILES string of the molecule is COC(=O)c1ccc(CN=O)c(C)c1. The van der Waals surface area contributed by atoms with Gasteiger partial charge in [0, 0.05) is 0 Å². The number of carbonyl (C=O) groups is 1. The Bertz CT molecular complexity index is 360. The van der Waals surface area contributed by atoms with Gasteiger partial charge < -0.3 is 4.74 Å². The van der Waals surface area contributed by atoms with E-state index in [1.807, 2.05) is 6.92 Å². The molecule has 0 aliphatic rings. The molecule has 0 saturated carbocycles. The molecule has 0 heterocycles. The highest BCUT2D eigenvalue weighted by Crippen LogP contribution is 2.12. The number of esters is 1. The zero-order chi connectivity index (χ0) is 10.6. The number of benzene rings is 1. The number of rotatable bonds is 3. The standard InChI is InChI=1S/C10H11NO3/c1-7-5-8(10(12)14-2)3-4-9(7)6-11-13/h3-5H,6H2,1-2H3. The lowest BCUT2D eigenvalue weighted by Gasteiger charge is -2.03. The van der Waals surface area contributed by atoms with Crippen LogP contribution in [0.1, 0.15) is 21.5 Å². The fraction of sp³-hybridized carbons (Fsp3) is 0.300. The Kier molecular flexibility index (Phi) is 3.34. The lowest BCUT2D eigenvalue weighted by Crippen LogP contribution is -2.02. The second-order valence-electron chi connectivity index (χ2n) is 2.92. The van der Waals surface area contributed by atoms with E-state index in [9.17, 15) is 9.70 Å². The monoisotopic (exact) mass is 193 g/mol. The molecule has 1 aromatic carbocycles. The molecule has 0 unspecified atom stereocenters. The summed E-state index contributed by atoms with van der Waals surface area (Å²) in [6, 6.07) is 5.02. The Balaban J connectivity index is 2.99. The summed E-state index contributed by atoms with van der Waals surface area (Å²) in [5.74, 6) is -0.376. The van der Waals surface area contributed by atoms with Gasteiger partial charge in [-0.2, -0.15) is 4.91 Å². The van der Waals surface area contributed by atoms with E-state index in [2.05, 4.69) is 9.91 Å². The van der Waals surface area contributed by atoms with Crippen molar-refractivity contribution in [2.45, 2.75) is 13.5 Å². The van der Waals surface area contributed by atoms with Crippen LogP contribution in [0.3, 0.4) is 0 Å². The summed E-state index contributed by atoms with van der Waals surface area (Å²) in [7, 11) is 1.33. The molecule has 0 atom stereocenters. The van der Waals surface area contributed by atoms with E-state index in [1.165, 1.54) is 7.11 Å². The molecule has 0 aliphatic carbocycles. The first-order valence-electron chi connectivity index (χ1n) is 4.16. The molecule has 0 amide bonds. The summed E-state index contributed by atoms with van der Waals surface area (Å²) < 4.78 is 4.57. The summed E-state index contributed by atoms with van der Waals surface area (Å²) in [4.78, 5) is 21.2. The fourth-order valence-corrected chi connectivity index (χ4v) is 1.19. The van der Waals surface area contributed by atoms with E-state index >= 15 is 0 Å². The van der Waals surface area contributed by atoms with E-state index in [-0.39, 0.29) is 12.5 Å². The Morgan fingerprint density at radius 1 is 1.50 bits per heavy atom. The van der Waals surface area contributed by atoms with Gasteiger partial charge in [0.1, 0.15) is 6.54 Å². The van der Waals surface area contributed by atoms with Crippen molar-refractivity contribution in [1.29, 1.82) is 0 Å². The second-order valence-corrected chi connectivity index (χ2v) is 2.92. The minimum absolute atomic E-state index is 0.132. The van der Waals surface area contributed by atoms with Gasteiger partial charge in [-0.15, -0.1) is 0 Å². The smallest absolute Gasteiger partial charge is 0.337 e. The Morgan fingerprint density at radius 3 is 2.71 bits per heavy atom. The lowest BCUT2D eigenvalue weighted by atomic mass is 10.1. The molecule has 0 spiro atoms. The van der Waals surface area contributed by atoms with Crippen molar-refractivity contribution >= 4 is 5.97 Å². The van der Waals surface area contributed by atoms with Gasteiger partial charge in [-0.1, -0.05) is 11.2 Å². The molecule has 4 heteroatoms. The van der Waals surface area contributed by atoms with E-state index in [0.717, 1.165) is 11.1 Å². The number of nitrogens with zero attached hydrogens (tertiary/aromatic N) is 1. The molecule has 74 valence electrons. The highest BCUT2D eigenvalue weighted by Gasteiger charge is 2.07. The van der Waals surface area contributed by atoms with Crippen LogP contribution in [-0.2, 0) is 11.3 Å². The average Bonchev–Trinajstić information content (AvgIpc) is 2.20. The molecule has 14 heavy (non-hydrogen) atoms. The van der Waals surface area contributed by atoms with Crippen molar-refractivity contribution in [3.63, 3.8) is 0 Å². The van der Waals surface area contributed by atoms with Crippen molar-refractivity contribution in [2.75, 3.05) is 7.11 Å². The van der Waals surface area contributed by atoms with Crippen LogP contribution in [0, 0.1) is 11.8 Å². The van der Waals surface area contributed by atoms with Crippen molar-refractivity contribution < 1.29 is 9.53 Å². The molecule has 0 saturated heterocycles. The van der Waals surface area contributed by atoms with E-state index in [0.29, 0.717) is 5.56 Å². The van der Waals surface area contributed by atoms with Gasteiger partial charge in [-0.25, -0.2) is 4.79 Å². The molecule has 0 N–H and O–H groups in total. The largest absolute Gasteiger partial charge is 0.465 e. The van der Waals surface area contributed by atoms with E-state index < -0.39 is 0 Å². The zero-order valence-electron chi connectivity index (χ0n) is 8.11. The predicted octanol–water partition coefficient (Wildman–Crippen LogP) is 2.05. The number of aryl methyl sites for hydroxylation is 1. The van der Waals surface area contributed by atoms with Crippen molar-refractivity contribution in [2.24, 2.45) is 5.18 Å². The lowest BCUT2D eigenvalue weighted by molar-refractivity contribution is 0.0600. The zero-order valence-corrected chi connectivity index (χ0v) is 8.11. The maximum absolute atomic E-state index is 11.1. The quantitative estimate of drug-likeness (QED) is 0.545. The van der Waals surface area contributed by atoms with Crippen LogP contribution in [0.15, 0.2) is 23.4 Å². The van der Waals surface area contributed by atoms with E-state index in [4.69, 9.17) is 0 Å². The highest BCUT2D eigenvalue weighted by molar-refractivity contribution is 5.89. The Labute approximate surface area is 81.9 Å². The summed E-state index contributed by atoms with van der Waals surface area (Å²) in [6.45, 7) is 1.96. The van der Waals surface area contributed by atoms with Crippen LogP contribution in [0.4, 0.5) is 0 Å². The van der Waals surface area contributed by atoms with Gasteiger partial charge in [0.05, 0.1) is 12.7 Å². The third kappa shape index (κ3) is 2.16. The normalized spacial score (nSPS) is 9.57. The summed E-state index contributed by atoms with van der Waals surface area (Å²) in [6.07, 6.45) is 0. The third-order valence-corrected chi connectivity index (χ3v) is 2.00. The first-order chi connectivity index (χ1) is 6.69. The summed E-state index contributed by atoms with van der Waals surface area (Å²) in [5, 5.41) is 2.80. The Morgan fingerprint density at radius 2 is 2.21 bits per heavy atom. The number of carbonyl (C=O) groups excluding carboxylic acids is 1.